The zero-order valence-corrected chi connectivity index (χ0v) is 11.8. The number of rotatable bonds is 5. The number of benzene rings is 1. The van der Waals surface area contributed by atoms with E-state index in [1.165, 1.54) is 6.07 Å². The molecule has 0 aromatic heterocycles. The van der Waals surface area contributed by atoms with Gasteiger partial charge in [0.15, 0.2) is 0 Å². The second kappa shape index (κ2) is 8.53. The molecule has 0 fully saturated rings. The molecule has 0 atom stereocenters. The van der Waals surface area contributed by atoms with E-state index in [1.54, 1.807) is 0 Å². The van der Waals surface area contributed by atoms with Crippen LogP contribution in [-0.4, -0.2) is 19.0 Å². The van der Waals surface area contributed by atoms with E-state index in [0.29, 0.717) is 13.1 Å². The molecule has 0 heterocycles. The Kier molecular flexibility index (Phi) is 8.27. The Balaban J connectivity index is 0.00000289. The molecule has 0 saturated carbocycles. The minimum atomic E-state index is -0.664. The fraction of sp³-hybridized carbons (Fsp3) is 0.364. The van der Waals surface area contributed by atoms with E-state index >= 15 is 0 Å². The summed E-state index contributed by atoms with van der Waals surface area (Å²) in [4.78, 5) is 11.7. The molecule has 0 bridgehead atoms. The number of halogens is 4. The summed E-state index contributed by atoms with van der Waals surface area (Å²) in [6, 6.07) is 2.25. The Labute approximate surface area is 121 Å². The molecule has 3 nitrogen and oxygen atoms in total. The van der Waals surface area contributed by atoms with Crippen LogP contribution in [0.2, 0.25) is 10.0 Å². The summed E-state index contributed by atoms with van der Waals surface area (Å²) in [5.41, 5.74) is 5.40. The lowest BCUT2D eigenvalue weighted by molar-refractivity contribution is 0.0953. The second-order valence-electron chi connectivity index (χ2n) is 3.50. The van der Waals surface area contributed by atoms with Crippen LogP contribution in [0.5, 0.6) is 0 Å². The van der Waals surface area contributed by atoms with Gasteiger partial charge in [-0.15, -0.1) is 12.4 Å². The van der Waals surface area contributed by atoms with Gasteiger partial charge in [-0.1, -0.05) is 23.2 Å². The molecule has 1 aromatic rings. The Morgan fingerprint density at radius 2 is 1.94 bits per heavy atom. The van der Waals surface area contributed by atoms with Crippen molar-refractivity contribution < 1.29 is 9.18 Å². The molecule has 18 heavy (non-hydrogen) atoms. The van der Waals surface area contributed by atoms with Crippen molar-refractivity contribution in [3.05, 3.63) is 33.6 Å². The predicted molar refractivity (Wildman–Crippen MR) is 74.3 cm³/mol. The standard InChI is InChI=1S/C11H13Cl2FN2O.ClH/c12-8-6-9(13)10(14)5-7(8)11(17)16-4-2-1-3-15;/h5-6H,1-4,15H2,(H,16,17);1H. The fourth-order valence-corrected chi connectivity index (χ4v) is 1.73. The van der Waals surface area contributed by atoms with E-state index in [2.05, 4.69) is 5.32 Å². The molecule has 3 N–H and O–H groups in total. The number of carbonyl (C=O) groups excluding carboxylic acids is 1. The van der Waals surface area contributed by atoms with Gasteiger partial charge in [0.1, 0.15) is 5.82 Å². The molecule has 7 heteroatoms. The molecule has 0 spiro atoms. The third-order valence-electron chi connectivity index (χ3n) is 2.17. The molecule has 1 aromatic carbocycles. The first-order chi connectivity index (χ1) is 8.06. The van der Waals surface area contributed by atoms with Crippen molar-refractivity contribution in [2.45, 2.75) is 12.8 Å². The van der Waals surface area contributed by atoms with Gasteiger partial charge in [-0.3, -0.25) is 4.79 Å². The molecule has 102 valence electrons. The van der Waals surface area contributed by atoms with Gasteiger partial charge in [0.05, 0.1) is 15.6 Å². The lowest BCUT2D eigenvalue weighted by Gasteiger charge is -2.07. The molecule has 0 radical (unpaired) electrons. The van der Waals surface area contributed by atoms with Crippen molar-refractivity contribution in [2.24, 2.45) is 5.73 Å². The summed E-state index contributed by atoms with van der Waals surface area (Å²) in [6.07, 6.45) is 1.60. The summed E-state index contributed by atoms with van der Waals surface area (Å²) >= 11 is 11.3. The van der Waals surface area contributed by atoms with Crippen LogP contribution in [0.25, 0.3) is 0 Å². The molecule has 1 amide bonds. The van der Waals surface area contributed by atoms with Gasteiger partial charge < -0.3 is 11.1 Å². The van der Waals surface area contributed by atoms with E-state index in [1.807, 2.05) is 0 Å². The lowest BCUT2D eigenvalue weighted by Crippen LogP contribution is -2.25. The van der Waals surface area contributed by atoms with Crippen molar-refractivity contribution in [1.82, 2.24) is 5.32 Å². The van der Waals surface area contributed by atoms with Crippen molar-refractivity contribution in [1.29, 1.82) is 0 Å². The molecule has 0 aliphatic carbocycles. The summed E-state index contributed by atoms with van der Waals surface area (Å²) in [5.74, 6) is -1.08. The minimum Gasteiger partial charge on any atom is -0.352 e. The smallest absolute Gasteiger partial charge is 0.252 e. The average Bonchev–Trinajstić information content (AvgIpc) is 2.29. The topological polar surface area (TPSA) is 55.1 Å². The maximum atomic E-state index is 13.2. The van der Waals surface area contributed by atoms with Crippen molar-refractivity contribution in [2.75, 3.05) is 13.1 Å². The Morgan fingerprint density at radius 1 is 1.28 bits per heavy atom. The zero-order valence-electron chi connectivity index (χ0n) is 9.51. The number of hydrogen-bond donors (Lipinski definition) is 2. The first-order valence-corrected chi connectivity index (χ1v) is 5.94. The number of unbranched alkanes of at least 4 members (excludes halogenated alkanes) is 1. The maximum absolute atomic E-state index is 13.2. The van der Waals surface area contributed by atoms with E-state index in [4.69, 9.17) is 28.9 Å². The van der Waals surface area contributed by atoms with Crippen LogP contribution in [0.1, 0.15) is 23.2 Å². The predicted octanol–water partition coefficient (Wildman–Crippen LogP) is 3.02. The molecule has 0 aliphatic heterocycles. The summed E-state index contributed by atoms with van der Waals surface area (Å²) in [6.45, 7) is 1.06. The third kappa shape index (κ3) is 4.98. The molecule has 1 rings (SSSR count). The molecule has 0 aliphatic rings. The number of carbonyl (C=O) groups is 1. The highest BCUT2D eigenvalue weighted by Crippen LogP contribution is 2.24. The minimum absolute atomic E-state index is 0. The first-order valence-electron chi connectivity index (χ1n) is 5.19. The van der Waals surface area contributed by atoms with Crippen LogP contribution in [0.15, 0.2) is 12.1 Å². The largest absolute Gasteiger partial charge is 0.352 e. The van der Waals surface area contributed by atoms with Crippen LogP contribution >= 0.6 is 35.6 Å². The average molecular weight is 316 g/mol. The Hall–Kier alpha value is -0.550. The summed E-state index contributed by atoms with van der Waals surface area (Å²) < 4.78 is 13.2. The zero-order chi connectivity index (χ0) is 12.8. The molecule has 0 saturated heterocycles. The van der Waals surface area contributed by atoms with Crippen LogP contribution in [0.4, 0.5) is 4.39 Å². The van der Waals surface area contributed by atoms with Crippen molar-refractivity contribution in [3.8, 4) is 0 Å². The highest BCUT2D eigenvalue weighted by molar-refractivity contribution is 6.36. The lowest BCUT2D eigenvalue weighted by atomic mass is 10.2. The normalized spacial score (nSPS) is 9.78. The number of amides is 1. The van der Waals surface area contributed by atoms with Gasteiger partial charge in [0, 0.05) is 6.54 Å². The molecular formula is C11H14Cl3FN2O. The van der Waals surface area contributed by atoms with Gasteiger partial charge in [-0.25, -0.2) is 4.39 Å². The van der Waals surface area contributed by atoms with E-state index in [-0.39, 0.29) is 28.0 Å². The van der Waals surface area contributed by atoms with Gasteiger partial charge >= 0.3 is 0 Å². The fourth-order valence-electron chi connectivity index (χ4n) is 1.26. The maximum Gasteiger partial charge on any atom is 0.252 e. The van der Waals surface area contributed by atoms with Crippen molar-refractivity contribution in [3.63, 3.8) is 0 Å². The van der Waals surface area contributed by atoms with Gasteiger partial charge in [-0.2, -0.15) is 0 Å². The summed E-state index contributed by atoms with van der Waals surface area (Å²) in [7, 11) is 0. The number of nitrogens with two attached hydrogens (primary N) is 1. The Bertz CT molecular complexity index is 416. The molecular weight excluding hydrogens is 301 g/mol. The highest BCUT2D eigenvalue weighted by Gasteiger charge is 2.13. The molecule has 0 unspecified atom stereocenters. The van der Waals surface area contributed by atoms with Crippen LogP contribution in [0, 0.1) is 5.82 Å². The van der Waals surface area contributed by atoms with Crippen molar-refractivity contribution >= 4 is 41.5 Å². The highest BCUT2D eigenvalue weighted by atomic mass is 35.5. The van der Waals surface area contributed by atoms with E-state index in [0.717, 1.165) is 18.9 Å². The second-order valence-corrected chi connectivity index (χ2v) is 4.31. The van der Waals surface area contributed by atoms with Gasteiger partial charge in [0.25, 0.3) is 5.91 Å². The van der Waals surface area contributed by atoms with Gasteiger partial charge in [0.2, 0.25) is 0 Å². The monoisotopic (exact) mass is 314 g/mol. The SMILES string of the molecule is Cl.NCCCCNC(=O)c1cc(F)c(Cl)cc1Cl. The van der Waals surface area contributed by atoms with Crippen LogP contribution in [0.3, 0.4) is 0 Å². The van der Waals surface area contributed by atoms with E-state index < -0.39 is 11.7 Å². The summed E-state index contributed by atoms with van der Waals surface area (Å²) in [5, 5.41) is 2.66. The first kappa shape index (κ1) is 17.4. The number of hydrogen-bond acceptors (Lipinski definition) is 2. The Morgan fingerprint density at radius 3 is 2.56 bits per heavy atom. The van der Waals surface area contributed by atoms with E-state index in [9.17, 15) is 9.18 Å². The van der Waals surface area contributed by atoms with Crippen LogP contribution in [-0.2, 0) is 0 Å². The van der Waals surface area contributed by atoms with Gasteiger partial charge in [-0.05, 0) is 31.5 Å². The van der Waals surface area contributed by atoms with Crippen LogP contribution < -0.4 is 11.1 Å². The number of nitrogens with one attached hydrogen (secondary N) is 1. The quantitative estimate of drug-likeness (QED) is 0.648. The third-order valence-corrected chi connectivity index (χ3v) is 2.77.